The van der Waals surface area contributed by atoms with Crippen LogP contribution in [0.4, 0.5) is 0 Å². The summed E-state index contributed by atoms with van der Waals surface area (Å²) in [6, 6.07) is 4.78. The fourth-order valence-electron chi connectivity index (χ4n) is 1.84. The molecule has 0 saturated heterocycles. The van der Waals surface area contributed by atoms with E-state index in [1.54, 1.807) is 0 Å². The van der Waals surface area contributed by atoms with Gasteiger partial charge in [-0.2, -0.15) is 0 Å². The molecule has 0 spiro atoms. The van der Waals surface area contributed by atoms with E-state index in [0.717, 1.165) is 36.9 Å². The summed E-state index contributed by atoms with van der Waals surface area (Å²) in [5, 5.41) is 3.44. The van der Waals surface area contributed by atoms with Crippen molar-refractivity contribution in [3.05, 3.63) is 23.7 Å². The van der Waals surface area contributed by atoms with Gasteiger partial charge in [0.15, 0.2) is 0 Å². The minimum absolute atomic E-state index is 0.318. The molecule has 0 aliphatic heterocycles. The zero-order chi connectivity index (χ0) is 12.1. The smallest absolute Gasteiger partial charge is 0.129 e. The molecule has 2 rings (SSSR count). The fraction of sp³-hybridized carbons (Fsp3) is 0.714. The van der Waals surface area contributed by atoms with E-state index in [1.165, 1.54) is 12.8 Å². The molecule has 0 amide bonds. The molecule has 3 heteroatoms. The Labute approximate surface area is 104 Å². The zero-order valence-corrected chi connectivity index (χ0v) is 10.9. The summed E-state index contributed by atoms with van der Waals surface area (Å²) in [5.74, 6) is 1.94. The van der Waals surface area contributed by atoms with Gasteiger partial charge < -0.3 is 14.5 Å². The molecule has 0 radical (unpaired) electrons. The fourth-order valence-corrected chi connectivity index (χ4v) is 1.84. The molecule has 0 aromatic carbocycles. The number of hydrogen-bond donors (Lipinski definition) is 1. The minimum atomic E-state index is 0.318. The molecule has 17 heavy (non-hydrogen) atoms. The Morgan fingerprint density at radius 3 is 2.88 bits per heavy atom. The monoisotopic (exact) mass is 237 g/mol. The van der Waals surface area contributed by atoms with E-state index in [-0.39, 0.29) is 0 Å². The van der Waals surface area contributed by atoms with Gasteiger partial charge in [-0.1, -0.05) is 13.3 Å². The Kier molecular flexibility index (Phi) is 4.63. The molecular formula is C14H23NO2. The number of furan rings is 1. The summed E-state index contributed by atoms with van der Waals surface area (Å²) in [5.41, 5.74) is 0. The predicted molar refractivity (Wildman–Crippen MR) is 67.7 cm³/mol. The highest BCUT2D eigenvalue weighted by atomic mass is 16.5. The summed E-state index contributed by atoms with van der Waals surface area (Å²) >= 11 is 0. The summed E-state index contributed by atoms with van der Waals surface area (Å²) in [6.45, 7) is 5.72. The van der Waals surface area contributed by atoms with Gasteiger partial charge in [0.25, 0.3) is 0 Å². The van der Waals surface area contributed by atoms with Crippen LogP contribution in [0.15, 0.2) is 16.5 Å². The quantitative estimate of drug-likeness (QED) is 0.753. The second kappa shape index (κ2) is 6.22. The van der Waals surface area contributed by atoms with E-state index in [2.05, 4.69) is 19.2 Å². The van der Waals surface area contributed by atoms with Crippen LogP contribution in [0.25, 0.3) is 0 Å². The van der Waals surface area contributed by atoms with Crippen LogP contribution in [0, 0.1) is 0 Å². The molecule has 1 unspecified atom stereocenters. The van der Waals surface area contributed by atoms with Crippen molar-refractivity contribution in [2.24, 2.45) is 0 Å². The second-order valence-electron chi connectivity index (χ2n) is 4.93. The van der Waals surface area contributed by atoms with Crippen LogP contribution in [0.3, 0.4) is 0 Å². The largest absolute Gasteiger partial charge is 0.462 e. The maximum absolute atomic E-state index is 5.71. The average Bonchev–Trinajstić information content (AvgIpc) is 3.03. The lowest BCUT2D eigenvalue weighted by Crippen LogP contribution is -2.14. The Morgan fingerprint density at radius 1 is 1.41 bits per heavy atom. The molecular weight excluding hydrogens is 214 g/mol. The molecule has 1 aliphatic rings. The summed E-state index contributed by atoms with van der Waals surface area (Å²) in [4.78, 5) is 0. The van der Waals surface area contributed by atoms with E-state index in [1.807, 2.05) is 12.1 Å². The van der Waals surface area contributed by atoms with Crippen LogP contribution in [0.2, 0.25) is 0 Å². The van der Waals surface area contributed by atoms with Gasteiger partial charge in [0, 0.05) is 6.04 Å². The summed E-state index contributed by atoms with van der Waals surface area (Å²) < 4.78 is 11.4. The number of hydrogen-bond acceptors (Lipinski definition) is 3. The van der Waals surface area contributed by atoms with Gasteiger partial charge in [-0.05, 0) is 38.3 Å². The van der Waals surface area contributed by atoms with Crippen LogP contribution < -0.4 is 5.32 Å². The van der Waals surface area contributed by atoms with Crippen molar-refractivity contribution < 1.29 is 9.15 Å². The first kappa shape index (κ1) is 12.7. The molecule has 0 bridgehead atoms. The molecule has 1 aromatic heterocycles. The Bertz CT molecular complexity index is 331. The topological polar surface area (TPSA) is 34.4 Å². The molecule has 1 atom stereocenters. The van der Waals surface area contributed by atoms with E-state index in [0.29, 0.717) is 12.7 Å². The number of nitrogens with one attached hydrogen (secondary N) is 1. The lowest BCUT2D eigenvalue weighted by atomic mass is 10.2. The van der Waals surface area contributed by atoms with Gasteiger partial charge in [0.2, 0.25) is 0 Å². The van der Waals surface area contributed by atoms with Crippen LogP contribution in [-0.2, 0) is 17.9 Å². The number of rotatable bonds is 8. The maximum Gasteiger partial charge on any atom is 0.129 e. The van der Waals surface area contributed by atoms with Crippen molar-refractivity contribution in [1.29, 1.82) is 0 Å². The van der Waals surface area contributed by atoms with Crippen LogP contribution in [-0.4, -0.2) is 12.1 Å². The van der Waals surface area contributed by atoms with Crippen LogP contribution in [0.5, 0.6) is 0 Å². The van der Waals surface area contributed by atoms with Gasteiger partial charge >= 0.3 is 0 Å². The van der Waals surface area contributed by atoms with Gasteiger partial charge in [0.05, 0.1) is 12.6 Å². The van der Waals surface area contributed by atoms with Crippen molar-refractivity contribution >= 4 is 0 Å². The lowest BCUT2D eigenvalue weighted by Gasteiger charge is -2.10. The Balaban J connectivity index is 1.69. The van der Waals surface area contributed by atoms with E-state index >= 15 is 0 Å². The second-order valence-corrected chi connectivity index (χ2v) is 4.93. The summed E-state index contributed by atoms with van der Waals surface area (Å²) in [7, 11) is 0. The van der Waals surface area contributed by atoms with Crippen molar-refractivity contribution in [3.8, 4) is 0 Å². The molecule has 1 fully saturated rings. The van der Waals surface area contributed by atoms with Gasteiger partial charge in [-0.25, -0.2) is 0 Å². The van der Waals surface area contributed by atoms with E-state index in [4.69, 9.17) is 9.15 Å². The van der Waals surface area contributed by atoms with Gasteiger partial charge in [-0.15, -0.1) is 0 Å². The normalized spacial score (nSPS) is 17.3. The number of ether oxygens (including phenoxy) is 1. The Morgan fingerprint density at radius 2 is 2.18 bits per heavy atom. The predicted octanol–water partition coefficient (Wildman–Crippen LogP) is 3.24. The summed E-state index contributed by atoms with van der Waals surface area (Å²) in [6.07, 6.45) is 5.21. The minimum Gasteiger partial charge on any atom is -0.462 e. The highest BCUT2D eigenvalue weighted by molar-refractivity contribution is 5.06. The SMILES string of the molecule is CCCC(C)OCc1ccc(CNC2CC2)o1. The molecule has 1 saturated carbocycles. The highest BCUT2D eigenvalue weighted by Gasteiger charge is 2.20. The van der Waals surface area contributed by atoms with Crippen molar-refractivity contribution in [1.82, 2.24) is 5.32 Å². The molecule has 96 valence electrons. The van der Waals surface area contributed by atoms with Crippen molar-refractivity contribution in [2.45, 2.75) is 64.8 Å². The van der Waals surface area contributed by atoms with Crippen molar-refractivity contribution in [3.63, 3.8) is 0 Å². The third-order valence-electron chi connectivity index (χ3n) is 3.06. The first-order valence-electron chi connectivity index (χ1n) is 6.70. The third-order valence-corrected chi connectivity index (χ3v) is 3.06. The highest BCUT2D eigenvalue weighted by Crippen LogP contribution is 2.20. The average molecular weight is 237 g/mol. The van der Waals surface area contributed by atoms with E-state index in [9.17, 15) is 0 Å². The molecule has 1 aromatic rings. The lowest BCUT2D eigenvalue weighted by molar-refractivity contribution is 0.0367. The zero-order valence-electron chi connectivity index (χ0n) is 10.9. The first-order valence-corrected chi connectivity index (χ1v) is 6.70. The third kappa shape index (κ3) is 4.52. The first-order chi connectivity index (χ1) is 8.28. The van der Waals surface area contributed by atoms with Crippen LogP contribution in [0.1, 0.15) is 51.1 Å². The maximum atomic E-state index is 5.71. The van der Waals surface area contributed by atoms with Gasteiger partial charge in [-0.3, -0.25) is 0 Å². The molecule has 1 aliphatic carbocycles. The molecule has 1 heterocycles. The van der Waals surface area contributed by atoms with Gasteiger partial charge in [0.1, 0.15) is 18.1 Å². The van der Waals surface area contributed by atoms with Crippen LogP contribution >= 0.6 is 0 Å². The van der Waals surface area contributed by atoms with Crippen molar-refractivity contribution in [2.75, 3.05) is 0 Å². The Hall–Kier alpha value is -0.800. The van der Waals surface area contributed by atoms with E-state index < -0.39 is 0 Å². The molecule has 1 N–H and O–H groups in total. The molecule has 3 nitrogen and oxygen atoms in total. The standard InChI is InChI=1S/C14H23NO2/c1-3-4-11(2)16-10-14-8-7-13(17-14)9-15-12-5-6-12/h7-8,11-12,15H,3-6,9-10H2,1-2H3.